The Balaban J connectivity index is 2.07. The van der Waals surface area contributed by atoms with Crippen molar-refractivity contribution in [3.8, 4) is 5.75 Å². The molecular formula is C12H18N4O2S. The van der Waals surface area contributed by atoms with Gasteiger partial charge in [-0.15, -0.1) is 0 Å². The molecule has 0 spiro atoms. The highest BCUT2D eigenvalue weighted by Crippen LogP contribution is 2.30. The minimum atomic E-state index is -1.50. The first-order valence-corrected chi connectivity index (χ1v) is 7.12. The van der Waals surface area contributed by atoms with E-state index in [1.807, 2.05) is 26.2 Å². The molecule has 0 aromatic heterocycles. The van der Waals surface area contributed by atoms with Gasteiger partial charge in [-0.3, -0.25) is 0 Å². The van der Waals surface area contributed by atoms with Gasteiger partial charge in [-0.1, -0.05) is 6.07 Å². The van der Waals surface area contributed by atoms with Gasteiger partial charge in [0.15, 0.2) is 5.84 Å². The van der Waals surface area contributed by atoms with Crippen molar-refractivity contribution in [2.75, 3.05) is 32.0 Å². The van der Waals surface area contributed by atoms with Gasteiger partial charge in [0.25, 0.3) is 0 Å². The Hall–Kier alpha value is -1.44. The van der Waals surface area contributed by atoms with Gasteiger partial charge in [-0.25, -0.2) is 0 Å². The van der Waals surface area contributed by atoms with Crippen molar-refractivity contribution in [1.29, 1.82) is 0 Å². The van der Waals surface area contributed by atoms with Gasteiger partial charge in [0.2, 0.25) is 11.5 Å². The van der Waals surface area contributed by atoms with Crippen molar-refractivity contribution in [2.24, 2.45) is 10.1 Å². The SMILES string of the molecule is CN(C)CCCOc1cccc2c1C(N)=N[S+]([O-])N2. The number of ether oxygens (including phenoxy) is 1. The fourth-order valence-corrected chi connectivity index (χ4v) is 2.49. The number of fused-ring (bicyclic) bond motifs is 1. The highest BCUT2D eigenvalue weighted by molar-refractivity contribution is 7.91. The van der Waals surface area contributed by atoms with Crippen LogP contribution in [0.3, 0.4) is 0 Å². The molecule has 1 atom stereocenters. The Morgan fingerprint density at radius 3 is 3.00 bits per heavy atom. The van der Waals surface area contributed by atoms with Crippen LogP contribution in [0.1, 0.15) is 12.0 Å². The third-order valence-corrected chi connectivity index (χ3v) is 3.43. The van der Waals surface area contributed by atoms with E-state index in [-0.39, 0.29) is 5.84 Å². The van der Waals surface area contributed by atoms with Crippen LogP contribution >= 0.6 is 0 Å². The van der Waals surface area contributed by atoms with Crippen molar-refractivity contribution >= 4 is 23.1 Å². The summed E-state index contributed by atoms with van der Waals surface area (Å²) >= 11 is -1.50. The Morgan fingerprint density at radius 2 is 2.26 bits per heavy atom. The first kappa shape index (κ1) is 14.0. The Labute approximate surface area is 116 Å². The van der Waals surface area contributed by atoms with Gasteiger partial charge in [0, 0.05) is 6.54 Å². The monoisotopic (exact) mass is 282 g/mol. The summed E-state index contributed by atoms with van der Waals surface area (Å²) in [6, 6.07) is 5.48. The summed E-state index contributed by atoms with van der Waals surface area (Å²) in [5.41, 5.74) is 7.20. The Bertz CT molecular complexity index is 479. The van der Waals surface area contributed by atoms with Crippen LogP contribution in [0.4, 0.5) is 5.69 Å². The fourth-order valence-electron chi connectivity index (χ4n) is 1.82. The van der Waals surface area contributed by atoms with Crippen molar-refractivity contribution in [2.45, 2.75) is 6.42 Å². The molecular weight excluding hydrogens is 264 g/mol. The number of nitrogens with zero attached hydrogens (tertiary/aromatic N) is 2. The normalized spacial score (nSPS) is 17.7. The summed E-state index contributed by atoms with van der Waals surface area (Å²) in [7, 11) is 4.04. The van der Waals surface area contributed by atoms with Crippen LogP contribution in [-0.4, -0.2) is 42.5 Å². The average Bonchev–Trinajstić information content (AvgIpc) is 2.33. The van der Waals surface area contributed by atoms with E-state index in [1.54, 1.807) is 6.07 Å². The second-order valence-electron chi connectivity index (χ2n) is 4.51. The van der Waals surface area contributed by atoms with Gasteiger partial charge in [-0.05, 0) is 37.0 Å². The standard InChI is InChI=1S/C12H18N4O2S/c1-16(2)7-4-8-18-10-6-3-5-9-11(10)12(13)15-19(17)14-9/h3,5-6,14H,4,7-8H2,1-2H3,(H2,13,15). The topological polar surface area (TPSA) is 85.9 Å². The van der Waals surface area contributed by atoms with E-state index < -0.39 is 11.5 Å². The van der Waals surface area contributed by atoms with E-state index in [2.05, 4.69) is 14.0 Å². The number of hydrogen-bond acceptors (Lipinski definition) is 6. The summed E-state index contributed by atoms with van der Waals surface area (Å²) in [6.45, 7) is 1.56. The molecule has 19 heavy (non-hydrogen) atoms. The van der Waals surface area contributed by atoms with E-state index in [1.165, 1.54) is 0 Å². The molecule has 1 unspecified atom stereocenters. The van der Waals surface area contributed by atoms with Gasteiger partial charge < -0.3 is 19.9 Å². The first-order chi connectivity index (χ1) is 9.08. The van der Waals surface area contributed by atoms with E-state index in [0.717, 1.165) is 13.0 Å². The molecule has 0 saturated heterocycles. The van der Waals surface area contributed by atoms with E-state index in [4.69, 9.17) is 10.5 Å². The number of nitrogens with two attached hydrogens (primary N) is 1. The number of rotatable bonds is 5. The lowest BCUT2D eigenvalue weighted by Gasteiger charge is -2.19. The van der Waals surface area contributed by atoms with Crippen molar-refractivity contribution < 1.29 is 9.29 Å². The maximum atomic E-state index is 11.4. The molecule has 1 aliphatic heterocycles. The summed E-state index contributed by atoms with van der Waals surface area (Å²) < 4.78 is 23.7. The molecule has 6 nitrogen and oxygen atoms in total. The number of amidine groups is 1. The van der Waals surface area contributed by atoms with E-state index in [0.29, 0.717) is 23.6 Å². The highest BCUT2D eigenvalue weighted by Gasteiger charge is 2.24. The molecule has 1 aromatic carbocycles. The zero-order chi connectivity index (χ0) is 13.8. The molecule has 2 rings (SSSR count). The average molecular weight is 282 g/mol. The quantitative estimate of drug-likeness (QED) is 0.614. The number of anilines is 1. The molecule has 0 aliphatic carbocycles. The minimum absolute atomic E-state index is 0.246. The van der Waals surface area contributed by atoms with Crippen LogP contribution in [0.5, 0.6) is 5.75 Å². The smallest absolute Gasteiger partial charge is 0.222 e. The van der Waals surface area contributed by atoms with Crippen LogP contribution in [0.15, 0.2) is 22.6 Å². The second-order valence-corrected chi connectivity index (χ2v) is 5.40. The Kier molecular flexibility index (Phi) is 4.52. The second kappa shape index (κ2) is 6.14. The Morgan fingerprint density at radius 1 is 1.47 bits per heavy atom. The van der Waals surface area contributed by atoms with Crippen LogP contribution in [-0.2, 0) is 11.5 Å². The maximum Gasteiger partial charge on any atom is 0.222 e. The lowest BCUT2D eigenvalue weighted by atomic mass is 10.1. The zero-order valence-electron chi connectivity index (χ0n) is 11.0. The van der Waals surface area contributed by atoms with Crippen LogP contribution in [0.2, 0.25) is 0 Å². The summed E-state index contributed by atoms with van der Waals surface area (Å²) in [4.78, 5) is 2.10. The third kappa shape index (κ3) is 3.52. The van der Waals surface area contributed by atoms with Crippen molar-refractivity contribution in [3.63, 3.8) is 0 Å². The molecule has 0 bridgehead atoms. The fraction of sp³-hybridized carbons (Fsp3) is 0.417. The largest absolute Gasteiger partial charge is 0.566 e. The number of benzene rings is 1. The first-order valence-electron chi connectivity index (χ1n) is 6.01. The molecule has 1 heterocycles. The molecule has 0 radical (unpaired) electrons. The van der Waals surface area contributed by atoms with Gasteiger partial charge in [-0.2, -0.15) is 4.72 Å². The summed E-state index contributed by atoms with van der Waals surface area (Å²) in [5.74, 6) is 0.914. The third-order valence-electron chi connectivity index (χ3n) is 2.67. The molecule has 1 aromatic rings. The predicted octanol–water partition coefficient (Wildman–Crippen LogP) is 0.727. The number of hydrogen-bond donors (Lipinski definition) is 2. The van der Waals surface area contributed by atoms with Gasteiger partial charge in [0.1, 0.15) is 5.75 Å². The van der Waals surface area contributed by atoms with Crippen molar-refractivity contribution in [3.05, 3.63) is 23.8 Å². The zero-order valence-corrected chi connectivity index (χ0v) is 11.9. The molecule has 0 saturated carbocycles. The van der Waals surface area contributed by atoms with Crippen LogP contribution in [0, 0.1) is 0 Å². The molecule has 104 valence electrons. The maximum absolute atomic E-state index is 11.4. The van der Waals surface area contributed by atoms with Crippen LogP contribution < -0.4 is 15.2 Å². The molecule has 1 aliphatic rings. The van der Waals surface area contributed by atoms with Crippen molar-refractivity contribution in [1.82, 2.24) is 4.90 Å². The summed E-state index contributed by atoms with van der Waals surface area (Å²) in [6.07, 6.45) is 0.924. The molecule has 7 heteroatoms. The van der Waals surface area contributed by atoms with Gasteiger partial charge >= 0.3 is 0 Å². The van der Waals surface area contributed by atoms with Crippen LogP contribution in [0.25, 0.3) is 0 Å². The molecule has 0 fully saturated rings. The van der Waals surface area contributed by atoms with E-state index >= 15 is 0 Å². The minimum Gasteiger partial charge on any atom is -0.566 e. The van der Waals surface area contributed by atoms with E-state index in [9.17, 15) is 4.55 Å². The lowest BCUT2D eigenvalue weighted by molar-refractivity contribution is 0.281. The lowest BCUT2D eigenvalue weighted by Crippen LogP contribution is -2.27. The number of nitrogens with one attached hydrogen (secondary N) is 1. The van der Waals surface area contributed by atoms with Gasteiger partial charge in [0.05, 0.1) is 17.9 Å². The predicted molar refractivity (Wildman–Crippen MR) is 77.6 cm³/mol. The molecule has 0 amide bonds. The molecule has 3 N–H and O–H groups in total. The summed E-state index contributed by atoms with van der Waals surface area (Å²) in [5, 5.41) is 0. The highest BCUT2D eigenvalue weighted by atomic mass is 32.2.